The Morgan fingerprint density at radius 3 is 2.68 bits per heavy atom. The van der Waals surface area contributed by atoms with Crippen LogP contribution in [0, 0.1) is 13.8 Å². The standard InChI is InChI=1S/C14H13N3OS/c1-8-5-3-4-6-10(8)12-13(17-18-14(12)15)11-7-19-9(2)16-11/h3-7H,15H2,1-2H3. The monoisotopic (exact) mass is 271 g/mol. The van der Waals surface area contributed by atoms with E-state index in [1.54, 1.807) is 11.3 Å². The number of benzene rings is 1. The van der Waals surface area contributed by atoms with Crippen LogP contribution in [0.15, 0.2) is 34.2 Å². The summed E-state index contributed by atoms with van der Waals surface area (Å²) in [6.45, 7) is 4.00. The lowest BCUT2D eigenvalue weighted by molar-refractivity contribution is 0.439. The number of hydrogen-bond donors (Lipinski definition) is 1. The number of aromatic nitrogens is 2. The molecule has 3 aromatic rings. The summed E-state index contributed by atoms with van der Waals surface area (Å²) in [7, 11) is 0. The average Bonchev–Trinajstić information content (AvgIpc) is 2.96. The molecule has 0 spiro atoms. The number of rotatable bonds is 2. The molecule has 0 unspecified atom stereocenters. The fourth-order valence-corrected chi connectivity index (χ4v) is 2.66. The second-order valence-electron chi connectivity index (χ2n) is 4.34. The molecule has 1 aromatic carbocycles. The zero-order valence-corrected chi connectivity index (χ0v) is 11.5. The fraction of sp³-hybridized carbons (Fsp3) is 0.143. The lowest BCUT2D eigenvalue weighted by Crippen LogP contribution is -1.90. The number of nitrogens with two attached hydrogens (primary N) is 1. The van der Waals surface area contributed by atoms with Gasteiger partial charge in [0.2, 0.25) is 5.88 Å². The van der Waals surface area contributed by atoms with Crippen molar-refractivity contribution in [2.24, 2.45) is 0 Å². The summed E-state index contributed by atoms with van der Waals surface area (Å²) < 4.78 is 5.16. The Hall–Kier alpha value is -2.14. The Labute approximate surface area is 114 Å². The van der Waals surface area contributed by atoms with Gasteiger partial charge < -0.3 is 10.3 Å². The van der Waals surface area contributed by atoms with Crippen LogP contribution in [0.1, 0.15) is 10.6 Å². The Morgan fingerprint density at radius 2 is 2.00 bits per heavy atom. The zero-order valence-electron chi connectivity index (χ0n) is 10.7. The zero-order chi connectivity index (χ0) is 13.4. The van der Waals surface area contributed by atoms with Crippen LogP contribution in [0.2, 0.25) is 0 Å². The maximum atomic E-state index is 5.93. The summed E-state index contributed by atoms with van der Waals surface area (Å²) >= 11 is 1.58. The molecule has 2 aromatic heterocycles. The first-order chi connectivity index (χ1) is 9.16. The van der Waals surface area contributed by atoms with E-state index in [1.807, 2.05) is 43.5 Å². The van der Waals surface area contributed by atoms with Crippen molar-refractivity contribution < 1.29 is 4.52 Å². The Bertz CT molecular complexity index is 730. The van der Waals surface area contributed by atoms with Crippen molar-refractivity contribution >= 4 is 17.2 Å². The molecule has 0 bridgehead atoms. The molecule has 19 heavy (non-hydrogen) atoms. The third kappa shape index (κ3) is 2.02. The van der Waals surface area contributed by atoms with Crippen molar-refractivity contribution in [3.05, 3.63) is 40.2 Å². The molecule has 0 aliphatic carbocycles. The first-order valence-electron chi connectivity index (χ1n) is 5.90. The molecule has 3 rings (SSSR count). The minimum atomic E-state index is 0.329. The van der Waals surface area contributed by atoms with Gasteiger partial charge >= 0.3 is 0 Å². The van der Waals surface area contributed by atoms with Crippen molar-refractivity contribution in [3.63, 3.8) is 0 Å². The van der Waals surface area contributed by atoms with Gasteiger partial charge in [0.05, 0.1) is 10.6 Å². The summed E-state index contributed by atoms with van der Waals surface area (Å²) in [6.07, 6.45) is 0. The minimum absolute atomic E-state index is 0.329. The van der Waals surface area contributed by atoms with E-state index in [4.69, 9.17) is 10.3 Å². The molecule has 0 radical (unpaired) electrons. The summed E-state index contributed by atoms with van der Waals surface area (Å²) in [5, 5.41) is 7.02. The second kappa shape index (κ2) is 4.51. The minimum Gasteiger partial charge on any atom is -0.367 e. The second-order valence-corrected chi connectivity index (χ2v) is 5.40. The number of aryl methyl sites for hydroxylation is 2. The number of nitrogen functional groups attached to an aromatic ring is 1. The molecule has 0 aliphatic heterocycles. The summed E-state index contributed by atoms with van der Waals surface area (Å²) in [5.74, 6) is 0.329. The molecular weight excluding hydrogens is 258 g/mol. The highest BCUT2D eigenvalue weighted by Crippen LogP contribution is 2.37. The fourth-order valence-electron chi connectivity index (χ4n) is 2.06. The van der Waals surface area contributed by atoms with Gasteiger partial charge in [0.1, 0.15) is 11.4 Å². The van der Waals surface area contributed by atoms with Gasteiger partial charge in [0.15, 0.2) is 0 Å². The SMILES string of the molecule is Cc1nc(-c2noc(N)c2-c2ccccc2C)cs1. The van der Waals surface area contributed by atoms with Crippen LogP contribution in [0.5, 0.6) is 0 Å². The number of thiazole rings is 1. The van der Waals surface area contributed by atoms with Crippen LogP contribution >= 0.6 is 11.3 Å². The van der Waals surface area contributed by atoms with E-state index in [2.05, 4.69) is 10.1 Å². The maximum absolute atomic E-state index is 5.93. The summed E-state index contributed by atoms with van der Waals surface area (Å²) in [4.78, 5) is 4.45. The van der Waals surface area contributed by atoms with Crippen molar-refractivity contribution in [1.82, 2.24) is 10.1 Å². The lowest BCUT2D eigenvalue weighted by atomic mass is 9.99. The van der Waals surface area contributed by atoms with Crippen LogP contribution in [0.4, 0.5) is 5.88 Å². The van der Waals surface area contributed by atoms with E-state index in [0.717, 1.165) is 27.4 Å². The molecule has 4 nitrogen and oxygen atoms in total. The van der Waals surface area contributed by atoms with Gasteiger partial charge in [-0.2, -0.15) is 0 Å². The number of hydrogen-bond acceptors (Lipinski definition) is 5. The average molecular weight is 271 g/mol. The molecule has 0 atom stereocenters. The van der Waals surface area contributed by atoms with Gasteiger partial charge in [0.25, 0.3) is 0 Å². The number of nitrogens with zero attached hydrogens (tertiary/aromatic N) is 2. The van der Waals surface area contributed by atoms with Crippen LogP contribution in [0.3, 0.4) is 0 Å². The third-order valence-corrected chi connectivity index (χ3v) is 3.77. The van der Waals surface area contributed by atoms with Gasteiger partial charge in [-0.3, -0.25) is 0 Å². The molecule has 0 fully saturated rings. The lowest BCUT2D eigenvalue weighted by Gasteiger charge is -2.04. The van der Waals surface area contributed by atoms with Gasteiger partial charge in [-0.15, -0.1) is 11.3 Å². The third-order valence-electron chi connectivity index (χ3n) is 2.99. The predicted molar refractivity (Wildman–Crippen MR) is 76.9 cm³/mol. The molecule has 0 aliphatic rings. The molecular formula is C14H13N3OS. The van der Waals surface area contributed by atoms with Gasteiger partial charge in [-0.05, 0) is 25.0 Å². The van der Waals surface area contributed by atoms with E-state index < -0.39 is 0 Å². The van der Waals surface area contributed by atoms with Gasteiger partial charge in [0, 0.05) is 5.38 Å². The Morgan fingerprint density at radius 1 is 1.21 bits per heavy atom. The molecule has 2 N–H and O–H groups in total. The van der Waals surface area contributed by atoms with Crippen molar-refractivity contribution in [1.29, 1.82) is 0 Å². The molecule has 2 heterocycles. The predicted octanol–water partition coefficient (Wildman–Crippen LogP) is 3.66. The van der Waals surface area contributed by atoms with E-state index in [9.17, 15) is 0 Å². The van der Waals surface area contributed by atoms with E-state index in [-0.39, 0.29) is 0 Å². The normalized spacial score (nSPS) is 10.8. The molecule has 96 valence electrons. The van der Waals surface area contributed by atoms with E-state index in [0.29, 0.717) is 11.6 Å². The quantitative estimate of drug-likeness (QED) is 0.772. The van der Waals surface area contributed by atoms with Crippen LogP contribution in [-0.4, -0.2) is 10.1 Å². The first-order valence-corrected chi connectivity index (χ1v) is 6.78. The Balaban J connectivity index is 2.22. The van der Waals surface area contributed by atoms with Crippen LogP contribution in [-0.2, 0) is 0 Å². The highest BCUT2D eigenvalue weighted by atomic mass is 32.1. The van der Waals surface area contributed by atoms with E-state index >= 15 is 0 Å². The molecule has 5 heteroatoms. The highest BCUT2D eigenvalue weighted by Gasteiger charge is 2.20. The smallest absolute Gasteiger partial charge is 0.230 e. The molecule has 0 saturated carbocycles. The topological polar surface area (TPSA) is 64.9 Å². The van der Waals surface area contributed by atoms with Crippen LogP contribution in [0.25, 0.3) is 22.5 Å². The van der Waals surface area contributed by atoms with Gasteiger partial charge in [-0.1, -0.05) is 29.4 Å². The van der Waals surface area contributed by atoms with Gasteiger partial charge in [-0.25, -0.2) is 4.98 Å². The molecule has 0 saturated heterocycles. The highest BCUT2D eigenvalue weighted by molar-refractivity contribution is 7.09. The maximum Gasteiger partial charge on any atom is 0.230 e. The van der Waals surface area contributed by atoms with Crippen molar-refractivity contribution in [2.45, 2.75) is 13.8 Å². The Kier molecular flexibility index (Phi) is 2.83. The molecule has 0 amide bonds. The summed E-state index contributed by atoms with van der Waals surface area (Å²) in [5.41, 5.74) is 10.4. The first kappa shape index (κ1) is 11.9. The van der Waals surface area contributed by atoms with Crippen molar-refractivity contribution in [3.8, 4) is 22.5 Å². The number of anilines is 1. The van der Waals surface area contributed by atoms with Crippen molar-refractivity contribution in [2.75, 3.05) is 5.73 Å². The largest absolute Gasteiger partial charge is 0.367 e. The summed E-state index contributed by atoms with van der Waals surface area (Å²) in [6, 6.07) is 8.03. The van der Waals surface area contributed by atoms with Crippen LogP contribution < -0.4 is 5.73 Å². The van der Waals surface area contributed by atoms with E-state index in [1.165, 1.54) is 0 Å².